The topological polar surface area (TPSA) is 29.5 Å². The monoisotopic (exact) mass is 277 g/mol. The van der Waals surface area contributed by atoms with Crippen molar-refractivity contribution < 1.29 is 13.9 Å². The van der Waals surface area contributed by atoms with Crippen LogP contribution in [0.3, 0.4) is 0 Å². The van der Waals surface area contributed by atoms with Crippen LogP contribution in [0, 0.1) is 5.82 Å². The minimum atomic E-state index is -0.279. The van der Waals surface area contributed by atoms with Gasteiger partial charge in [-0.2, -0.15) is 0 Å². The summed E-state index contributed by atoms with van der Waals surface area (Å²) in [5, 5.41) is 0. The molecule has 0 aromatic heterocycles. The van der Waals surface area contributed by atoms with Crippen LogP contribution in [0.2, 0.25) is 0 Å². The van der Waals surface area contributed by atoms with E-state index in [1.165, 1.54) is 12.1 Å². The molecule has 20 heavy (non-hydrogen) atoms. The van der Waals surface area contributed by atoms with Crippen LogP contribution in [0.1, 0.15) is 30.7 Å². The van der Waals surface area contributed by atoms with E-state index < -0.39 is 0 Å². The van der Waals surface area contributed by atoms with E-state index in [1.807, 2.05) is 6.07 Å². The quantitative estimate of drug-likeness (QED) is 0.789. The van der Waals surface area contributed by atoms with Crippen LogP contribution >= 0.6 is 0 Å². The number of nitrogens with zero attached hydrogens (tertiary/aromatic N) is 1. The fourth-order valence-electron chi connectivity index (χ4n) is 3.27. The van der Waals surface area contributed by atoms with Crippen LogP contribution in [0.15, 0.2) is 24.3 Å². The summed E-state index contributed by atoms with van der Waals surface area (Å²) in [4.78, 5) is 14.4. The molecule has 3 nitrogen and oxygen atoms in total. The average molecular weight is 277 g/mol. The Morgan fingerprint density at radius 1 is 1.35 bits per heavy atom. The summed E-state index contributed by atoms with van der Waals surface area (Å²) < 4.78 is 19.3. The van der Waals surface area contributed by atoms with Gasteiger partial charge in [-0.25, -0.2) is 4.39 Å². The van der Waals surface area contributed by atoms with Gasteiger partial charge in [-0.05, 0) is 44.0 Å². The molecular weight excluding hydrogens is 257 g/mol. The number of ether oxygens (including phenoxy) is 1. The van der Waals surface area contributed by atoms with E-state index in [0.717, 1.165) is 31.5 Å². The van der Waals surface area contributed by atoms with Gasteiger partial charge < -0.3 is 9.64 Å². The lowest BCUT2D eigenvalue weighted by molar-refractivity contribution is -0.152. The first-order valence-electron chi connectivity index (χ1n) is 7.19. The zero-order chi connectivity index (χ0) is 14.2. The van der Waals surface area contributed by atoms with Gasteiger partial charge in [0.05, 0.1) is 5.60 Å². The molecule has 0 bridgehead atoms. The Morgan fingerprint density at radius 2 is 2.10 bits per heavy atom. The van der Waals surface area contributed by atoms with Gasteiger partial charge in [-0.3, -0.25) is 4.79 Å². The average Bonchev–Trinajstić information content (AvgIpc) is 2.45. The van der Waals surface area contributed by atoms with Gasteiger partial charge in [-0.15, -0.1) is 0 Å². The van der Waals surface area contributed by atoms with Crippen molar-refractivity contribution in [1.82, 2.24) is 4.90 Å². The second-order valence-corrected chi connectivity index (χ2v) is 6.05. The lowest BCUT2D eigenvalue weighted by Crippen LogP contribution is -2.50. The molecule has 1 unspecified atom stereocenters. The smallest absolute Gasteiger partial charge is 0.166 e. The summed E-state index contributed by atoms with van der Waals surface area (Å²) in [7, 11) is 2.10. The van der Waals surface area contributed by atoms with Gasteiger partial charge in [-0.1, -0.05) is 12.1 Å². The zero-order valence-corrected chi connectivity index (χ0v) is 11.8. The molecule has 2 saturated heterocycles. The molecule has 1 aromatic rings. The third kappa shape index (κ3) is 2.63. The Labute approximate surface area is 118 Å². The van der Waals surface area contributed by atoms with Crippen molar-refractivity contribution in [2.75, 3.05) is 26.7 Å². The van der Waals surface area contributed by atoms with Crippen molar-refractivity contribution >= 4 is 5.78 Å². The first-order valence-corrected chi connectivity index (χ1v) is 7.19. The molecule has 2 heterocycles. The summed E-state index contributed by atoms with van der Waals surface area (Å²) in [6.45, 7) is 2.14. The van der Waals surface area contributed by atoms with Crippen molar-refractivity contribution in [3.05, 3.63) is 35.6 Å². The number of likely N-dealkylation sites (tertiary alicyclic amines) is 1. The van der Waals surface area contributed by atoms with Crippen molar-refractivity contribution in [2.24, 2.45) is 0 Å². The maximum Gasteiger partial charge on any atom is 0.166 e. The zero-order valence-electron chi connectivity index (χ0n) is 11.8. The van der Waals surface area contributed by atoms with Crippen molar-refractivity contribution in [3.8, 4) is 0 Å². The van der Waals surface area contributed by atoms with Gasteiger partial charge in [0.15, 0.2) is 5.78 Å². The number of rotatable bonds is 1. The minimum Gasteiger partial charge on any atom is -0.367 e. The Kier molecular flexibility index (Phi) is 3.61. The largest absolute Gasteiger partial charge is 0.367 e. The van der Waals surface area contributed by atoms with Gasteiger partial charge >= 0.3 is 0 Å². The highest BCUT2D eigenvalue weighted by molar-refractivity contribution is 5.87. The summed E-state index contributed by atoms with van der Waals surface area (Å²) >= 11 is 0. The molecule has 3 rings (SSSR count). The Bertz CT molecular complexity index is 509. The summed E-state index contributed by atoms with van der Waals surface area (Å²) in [5.74, 6) is -0.428. The molecule has 1 spiro atoms. The number of halogens is 1. The molecule has 2 fully saturated rings. The normalized spacial score (nSPS) is 26.9. The number of carbonyl (C=O) groups excluding carboxylic acids is 1. The first-order chi connectivity index (χ1) is 9.58. The van der Waals surface area contributed by atoms with Crippen LogP contribution in [0.25, 0.3) is 0 Å². The minimum absolute atomic E-state index is 0.0696. The number of ketones is 1. The molecule has 0 aliphatic carbocycles. The molecule has 1 aromatic carbocycles. The molecule has 0 amide bonds. The highest BCUT2D eigenvalue weighted by Crippen LogP contribution is 2.40. The van der Waals surface area contributed by atoms with E-state index in [-0.39, 0.29) is 29.7 Å². The lowest BCUT2D eigenvalue weighted by Gasteiger charge is -2.45. The van der Waals surface area contributed by atoms with Crippen molar-refractivity contribution in [3.63, 3.8) is 0 Å². The van der Waals surface area contributed by atoms with Gasteiger partial charge in [0.25, 0.3) is 0 Å². The van der Waals surface area contributed by atoms with E-state index in [1.54, 1.807) is 6.07 Å². The predicted octanol–water partition coefficient (Wildman–Crippen LogP) is 2.36. The first kappa shape index (κ1) is 13.7. The van der Waals surface area contributed by atoms with Crippen LogP contribution in [-0.4, -0.2) is 43.0 Å². The van der Waals surface area contributed by atoms with Gasteiger partial charge in [0.2, 0.25) is 0 Å². The van der Waals surface area contributed by atoms with Gasteiger partial charge in [0, 0.05) is 19.0 Å². The number of piperidine rings is 1. The van der Waals surface area contributed by atoms with E-state index >= 15 is 0 Å². The van der Waals surface area contributed by atoms with E-state index in [4.69, 9.17) is 4.74 Å². The van der Waals surface area contributed by atoms with Crippen molar-refractivity contribution in [1.29, 1.82) is 0 Å². The highest BCUT2D eigenvalue weighted by Gasteiger charge is 2.43. The lowest BCUT2D eigenvalue weighted by atomic mass is 9.76. The Morgan fingerprint density at radius 3 is 2.80 bits per heavy atom. The number of hydrogen-bond donors (Lipinski definition) is 0. The molecule has 2 aliphatic rings. The number of carbonyl (C=O) groups is 1. The summed E-state index contributed by atoms with van der Waals surface area (Å²) in [6.07, 6.45) is 2.58. The van der Waals surface area contributed by atoms with Crippen LogP contribution < -0.4 is 0 Å². The summed E-state index contributed by atoms with van der Waals surface area (Å²) in [6, 6.07) is 6.42. The fraction of sp³-hybridized carbons (Fsp3) is 0.562. The predicted molar refractivity (Wildman–Crippen MR) is 74.2 cm³/mol. The number of Topliss-reactive ketones (excluding diaryl/α,β-unsaturated/α-hetero) is 1. The van der Waals surface area contributed by atoms with E-state index in [2.05, 4.69) is 11.9 Å². The molecule has 4 heteroatoms. The van der Waals surface area contributed by atoms with Crippen LogP contribution in [0.4, 0.5) is 4.39 Å². The van der Waals surface area contributed by atoms with Crippen LogP contribution in [-0.2, 0) is 9.53 Å². The maximum atomic E-state index is 13.4. The third-order valence-electron chi connectivity index (χ3n) is 4.63. The standard InChI is InChI=1S/C16H20FNO2/c1-18-7-5-16(6-8-18)10-14(15(19)11-20-16)12-3-2-4-13(17)9-12/h2-4,9,14H,5-8,10-11H2,1H3. The second-order valence-electron chi connectivity index (χ2n) is 6.05. The fourth-order valence-corrected chi connectivity index (χ4v) is 3.27. The summed E-state index contributed by atoms with van der Waals surface area (Å²) in [5.41, 5.74) is 0.592. The molecule has 0 N–H and O–H groups in total. The molecular formula is C16H20FNO2. The SMILES string of the molecule is CN1CCC2(CC1)CC(c1cccc(F)c1)C(=O)CO2. The molecule has 0 saturated carbocycles. The van der Waals surface area contributed by atoms with E-state index in [0.29, 0.717) is 6.42 Å². The third-order valence-corrected chi connectivity index (χ3v) is 4.63. The van der Waals surface area contributed by atoms with Gasteiger partial charge in [0.1, 0.15) is 12.4 Å². The van der Waals surface area contributed by atoms with E-state index in [9.17, 15) is 9.18 Å². The molecule has 1 atom stereocenters. The second kappa shape index (κ2) is 5.26. The van der Waals surface area contributed by atoms with Crippen LogP contribution in [0.5, 0.6) is 0 Å². The Hall–Kier alpha value is -1.26. The maximum absolute atomic E-state index is 13.4. The molecule has 108 valence electrons. The number of benzene rings is 1. The molecule has 0 radical (unpaired) electrons. The number of hydrogen-bond acceptors (Lipinski definition) is 3. The van der Waals surface area contributed by atoms with Crippen molar-refractivity contribution in [2.45, 2.75) is 30.8 Å². The molecule has 2 aliphatic heterocycles. The Balaban J connectivity index is 1.82. The highest BCUT2D eigenvalue weighted by atomic mass is 19.1.